The van der Waals surface area contributed by atoms with E-state index in [4.69, 9.17) is 4.55 Å². The molecule has 0 unspecified atom stereocenters. The fraction of sp³-hybridized carbons (Fsp3) is 1.00. The Balaban J connectivity index is 0. The van der Waals surface area contributed by atoms with Crippen LogP contribution in [-0.4, -0.2) is 84.1 Å². The molecule has 0 aromatic heterocycles. The van der Waals surface area contributed by atoms with Crippen LogP contribution in [0.2, 0.25) is 0 Å². The molecule has 0 aromatic carbocycles. The van der Waals surface area contributed by atoms with E-state index in [1.165, 1.54) is 0 Å². The summed E-state index contributed by atoms with van der Waals surface area (Å²) >= 11 is 0. The van der Waals surface area contributed by atoms with Gasteiger partial charge in [0, 0.05) is 36.0 Å². The third kappa shape index (κ3) is 4.70. The molecule has 26 heavy (non-hydrogen) atoms. The maximum atomic E-state index is 13.0. The van der Waals surface area contributed by atoms with Crippen LogP contribution in [0.3, 0.4) is 0 Å². The van der Waals surface area contributed by atoms with E-state index in [-0.39, 0.29) is 29.6 Å². The zero-order valence-corrected chi connectivity index (χ0v) is 14.8. The van der Waals surface area contributed by atoms with E-state index in [0.717, 1.165) is 0 Å². The van der Waals surface area contributed by atoms with Crippen LogP contribution < -0.4 is 0 Å². The van der Waals surface area contributed by atoms with Crippen molar-refractivity contribution in [2.45, 2.75) is 42.2 Å². The van der Waals surface area contributed by atoms with Crippen LogP contribution in [0.25, 0.3) is 0 Å². The van der Waals surface area contributed by atoms with Gasteiger partial charge in [-0.05, 0) is 0 Å². The van der Waals surface area contributed by atoms with E-state index < -0.39 is 58.1 Å². The Morgan fingerprint density at radius 1 is 0.615 bits per heavy atom. The second kappa shape index (κ2) is 7.44. The Labute approximate surface area is 157 Å². The zero-order chi connectivity index (χ0) is 20.9. The fourth-order valence-corrected chi connectivity index (χ4v) is 1.73. The smallest absolute Gasteiger partial charge is 0.286 e. The third-order valence-electron chi connectivity index (χ3n) is 2.67. The van der Waals surface area contributed by atoms with Gasteiger partial charge in [0.1, 0.15) is 0 Å². The Kier molecular flexibility index (Phi) is 8.07. The summed E-state index contributed by atoms with van der Waals surface area (Å²) in [4.78, 5) is 0. The molecule has 0 aliphatic carbocycles. The molecule has 0 bridgehead atoms. The molecular formula is C8H5F13NaO3S. The monoisotopic (exact) mass is 451 g/mol. The topological polar surface area (TPSA) is 54.4 Å². The molecular weight excluding hydrogens is 446 g/mol. The number of rotatable bonds is 7. The third-order valence-corrected chi connectivity index (χ3v) is 3.39. The van der Waals surface area contributed by atoms with E-state index in [9.17, 15) is 65.5 Å². The molecule has 0 amide bonds. The molecule has 0 fully saturated rings. The first-order chi connectivity index (χ1) is 10.5. The van der Waals surface area contributed by atoms with Crippen molar-refractivity contribution in [3.63, 3.8) is 0 Å². The van der Waals surface area contributed by atoms with Crippen molar-refractivity contribution in [3.8, 4) is 0 Å². The molecule has 0 saturated heterocycles. The zero-order valence-electron chi connectivity index (χ0n) is 12.0. The van der Waals surface area contributed by atoms with Gasteiger partial charge >= 0.3 is 35.8 Å². The molecule has 18 heteroatoms. The fourth-order valence-electron chi connectivity index (χ4n) is 1.22. The van der Waals surface area contributed by atoms with Crippen LogP contribution in [0, 0.1) is 0 Å². The second-order valence-corrected chi connectivity index (χ2v) is 6.11. The molecule has 0 aromatic rings. The Morgan fingerprint density at radius 3 is 1.19 bits per heavy atom. The molecule has 0 rings (SSSR count). The van der Waals surface area contributed by atoms with E-state index in [1.807, 2.05) is 0 Å². The van der Waals surface area contributed by atoms with Crippen LogP contribution in [-0.2, 0) is 10.1 Å². The van der Waals surface area contributed by atoms with Crippen molar-refractivity contribution in [2.75, 3.05) is 5.75 Å². The minimum absolute atomic E-state index is 0. The Morgan fingerprint density at radius 2 is 0.923 bits per heavy atom. The summed E-state index contributed by atoms with van der Waals surface area (Å²) in [6.07, 6.45) is -10.5. The molecule has 0 atom stereocenters. The van der Waals surface area contributed by atoms with Crippen molar-refractivity contribution in [1.82, 2.24) is 0 Å². The van der Waals surface area contributed by atoms with Crippen LogP contribution in [0.1, 0.15) is 6.42 Å². The molecule has 0 saturated carbocycles. The first kappa shape index (κ1) is 28.2. The van der Waals surface area contributed by atoms with Crippen molar-refractivity contribution < 1.29 is 70.0 Å². The van der Waals surface area contributed by atoms with E-state index >= 15 is 0 Å². The molecule has 1 radical (unpaired) electrons. The average Bonchev–Trinajstić information content (AvgIpc) is 2.33. The normalized spacial score (nSPS) is 15.6. The minimum atomic E-state index is -8.04. The van der Waals surface area contributed by atoms with Crippen molar-refractivity contribution >= 4 is 39.7 Å². The summed E-state index contributed by atoms with van der Waals surface area (Å²) in [7, 11) is -5.52. The van der Waals surface area contributed by atoms with Gasteiger partial charge in [-0.2, -0.15) is 65.5 Å². The quantitative estimate of drug-likeness (QED) is 0.366. The number of halogens is 13. The minimum Gasteiger partial charge on any atom is -0.286 e. The standard InChI is InChI=1S/C8H5F13O3S.Na/c9-3(10,1-2-25(22,23)24)4(11,12)5(13,14)6(15,16)7(17,18)8(19,20)21;/h1-2H2,(H,22,23,24);. The predicted molar refractivity (Wildman–Crippen MR) is 57.6 cm³/mol. The second-order valence-electron chi connectivity index (χ2n) is 4.54. The summed E-state index contributed by atoms with van der Waals surface area (Å²) in [5, 5.41) is 0. The maximum Gasteiger partial charge on any atom is 0.460 e. The van der Waals surface area contributed by atoms with Gasteiger partial charge in [0.05, 0.1) is 5.75 Å². The van der Waals surface area contributed by atoms with Gasteiger partial charge in [-0.25, -0.2) is 0 Å². The first-order valence-corrected chi connectivity index (χ1v) is 6.97. The van der Waals surface area contributed by atoms with Crippen molar-refractivity contribution in [2.24, 2.45) is 0 Å². The van der Waals surface area contributed by atoms with Gasteiger partial charge in [-0.1, -0.05) is 0 Å². The van der Waals surface area contributed by atoms with Gasteiger partial charge < -0.3 is 0 Å². The van der Waals surface area contributed by atoms with E-state index in [0.29, 0.717) is 0 Å². The van der Waals surface area contributed by atoms with Crippen LogP contribution in [0.4, 0.5) is 57.1 Å². The number of alkyl halides is 13. The summed E-state index contributed by atoms with van der Waals surface area (Å²) in [5.74, 6) is -40.3. The van der Waals surface area contributed by atoms with E-state index in [2.05, 4.69) is 0 Å². The van der Waals surface area contributed by atoms with Gasteiger partial charge in [0.15, 0.2) is 0 Å². The molecule has 153 valence electrons. The molecule has 0 heterocycles. The summed E-state index contributed by atoms with van der Waals surface area (Å²) in [6.45, 7) is 0. The number of hydrogen-bond donors (Lipinski definition) is 1. The van der Waals surface area contributed by atoms with Crippen molar-refractivity contribution in [3.05, 3.63) is 0 Å². The Hall–Kier alpha value is -0.000000000000000444. The predicted octanol–water partition coefficient (Wildman–Crippen LogP) is 3.62. The van der Waals surface area contributed by atoms with E-state index in [1.54, 1.807) is 0 Å². The van der Waals surface area contributed by atoms with Gasteiger partial charge in [-0.3, -0.25) is 4.55 Å². The number of hydrogen-bond acceptors (Lipinski definition) is 2. The summed E-state index contributed by atoms with van der Waals surface area (Å²) < 4.78 is 192. The molecule has 1 N–H and O–H groups in total. The molecule has 0 aliphatic rings. The van der Waals surface area contributed by atoms with Gasteiger partial charge in [-0.15, -0.1) is 0 Å². The molecule has 0 spiro atoms. The van der Waals surface area contributed by atoms with Crippen LogP contribution in [0.5, 0.6) is 0 Å². The maximum absolute atomic E-state index is 13.0. The molecule has 0 aliphatic heterocycles. The van der Waals surface area contributed by atoms with Crippen LogP contribution in [0.15, 0.2) is 0 Å². The van der Waals surface area contributed by atoms with Crippen LogP contribution >= 0.6 is 0 Å². The SMILES string of the molecule is O=S(=O)(O)CCC(F)(F)C(F)(F)C(F)(F)C(F)(F)C(F)(F)C(F)(F)F.[Na]. The summed E-state index contributed by atoms with van der Waals surface area (Å²) in [5.41, 5.74) is 0. The largest absolute Gasteiger partial charge is 0.460 e. The summed E-state index contributed by atoms with van der Waals surface area (Å²) in [6, 6.07) is 0. The molecule has 3 nitrogen and oxygen atoms in total. The first-order valence-electron chi connectivity index (χ1n) is 5.36. The Bertz CT molecular complexity index is 597. The van der Waals surface area contributed by atoms with Gasteiger partial charge in [0.25, 0.3) is 10.1 Å². The average molecular weight is 451 g/mol. The van der Waals surface area contributed by atoms with Crippen molar-refractivity contribution in [1.29, 1.82) is 0 Å². The van der Waals surface area contributed by atoms with Gasteiger partial charge in [0.2, 0.25) is 0 Å².